The van der Waals surface area contributed by atoms with Gasteiger partial charge in [-0.05, 0) is 18.4 Å². The average Bonchev–Trinajstić information content (AvgIpc) is 2.70. The van der Waals surface area contributed by atoms with Gasteiger partial charge in [-0.1, -0.05) is 0 Å². The molecule has 2 rings (SSSR count). The van der Waals surface area contributed by atoms with Crippen LogP contribution in [0, 0.1) is 6.92 Å². The SMILES string of the molecule is Cc1nc(-c2ccsc2)sc1C(=O)[O-]. The Hall–Kier alpha value is -1.20. The van der Waals surface area contributed by atoms with Crippen LogP contribution in [0.2, 0.25) is 0 Å². The van der Waals surface area contributed by atoms with Gasteiger partial charge in [-0.15, -0.1) is 11.3 Å². The van der Waals surface area contributed by atoms with Gasteiger partial charge in [0.1, 0.15) is 5.01 Å². The molecule has 0 saturated carbocycles. The number of hydrogen-bond acceptors (Lipinski definition) is 5. The molecular formula is C9H6NO2S2-. The summed E-state index contributed by atoms with van der Waals surface area (Å²) in [5, 5.41) is 15.3. The van der Waals surface area contributed by atoms with E-state index in [4.69, 9.17) is 0 Å². The number of nitrogens with zero attached hydrogens (tertiary/aromatic N) is 1. The van der Waals surface area contributed by atoms with Gasteiger partial charge in [0.15, 0.2) is 0 Å². The maximum Gasteiger partial charge on any atom is 0.125 e. The molecule has 0 aromatic carbocycles. The number of aromatic carboxylic acids is 1. The molecule has 0 N–H and O–H groups in total. The van der Waals surface area contributed by atoms with Crippen molar-refractivity contribution in [1.82, 2.24) is 4.98 Å². The van der Waals surface area contributed by atoms with Gasteiger partial charge in [-0.3, -0.25) is 0 Å². The second-order valence-electron chi connectivity index (χ2n) is 2.73. The van der Waals surface area contributed by atoms with E-state index in [0.717, 1.165) is 21.9 Å². The summed E-state index contributed by atoms with van der Waals surface area (Å²) >= 11 is 2.72. The van der Waals surface area contributed by atoms with Crippen LogP contribution in [0.3, 0.4) is 0 Å². The summed E-state index contributed by atoms with van der Waals surface area (Å²) in [6.45, 7) is 1.68. The number of rotatable bonds is 2. The molecule has 0 aliphatic heterocycles. The summed E-state index contributed by atoms with van der Waals surface area (Å²) in [6, 6.07) is 1.92. The van der Waals surface area contributed by atoms with E-state index in [1.807, 2.05) is 16.8 Å². The van der Waals surface area contributed by atoms with Crippen LogP contribution in [0.1, 0.15) is 15.4 Å². The molecule has 0 amide bonds. The van der Waals surface area contributed by atoms with Crippen molar-refractivity contribution in [2.24, 2.45) is 0 Å². The Labute approximate surface area is 88.7 Å². The van der Waals surface area contributed by atoms with Gasteiger partial charge in [0.05, 0.1) is 16.5 Å². The van der Waals surface area contributed by atoms with Crippen LogP contribution < -0.4 is 5.11 Å². The molecule has 5 heteroatoms. The molecule has 0 atom stereocenters. The van der Waals surface area contributed by atoms with Gasteiger partial charge < -0.3 is 9.90 Å². The Balaban J connectivity index is 2.48. The van der Waals surface area contributed by atoms with Gasteiger partial charge in [0, 0.05) is 10.9 Å². The summed E-state index contributed by atoms with van der Waals surface area (Å²) in [4.78, 5) is 15.1. The number of carboxylic acids is 1. The number of carbonyl (C=O) groups is 1. The lowest BCUT2D eigenvalue weighted by molar-refractivity contribution is -0.254. The first-order chi connectivity index (χ1) is 6.68. The topological polar surface area (TPSA) is 53.0 Å². The van der Waals surface area contributed by atoms with Crippen molar-refractivity contribution >= 4 is 28.6 Å². The van der Waals surface area contributed by atoms with E-state index in [2.05, 4.69) is 4.98 Å². The monoisotopic (exact) mass is 224 g/mol. The smallest absolute Gasteiger partial charge is 0.125 e. The van der Waals surface area contributed by atoms with Gasteiger partial charge in [-0.25, -0.2) is 4.98 Å². The van der Waals surface area contributed by atoms with Crippen LogP contribution in [0.15, 0.2) is 16.8 Å². The summed E-state index contributed by atoms with van der Waals surface area (Å²) < 4.78 is 0. The van der Waals surface area contributed by atoms with Crippen molar-refractivity contribution in [1.29, 1.82) is 0 Å². The number of thiazole rings is 1. The fourth-order valence-electron chi connectivity index (χ4n) is 1.10. The van der Waals surface area contributed by atoms with Gasteiger partial charge in [-0.2, -0.15) is 11.3 Å². The van der Waals surface area contributed by atoms with E-state index in [1.54, 1.807) is 18.3 Å². The zero-order chi connectivity index (χ0) is 10.1. The first-order valence-corrected chi connectivity index (χ1v) is 5.66. The summed E-state index contributed by atoms with van der Waals surface area (Å²) in [5.41, 5.74) is 1.49. The van der Waals surface area contributed by atoms with E-state index in [0.29, 0.717) is 5.69 Å². The highest BCUT2D eigenvalue weighted by Crippen LogP contribution is 2.28. The third-order valence-corrected chi connectivity index (χ3v) is 3.62. The van der Waals surface area contributed by atoms with E-state index in [1.165, 1.54) is 0 Å². The van der Waals surface area contributed by atoms with Crippen molar-refractivity contribution in [3.8, 4) is 10.6 Å². The summed E-state index contributed by atoms with van der Waals surface area (Å²) in [6.07, 6.45) is 0. The van der Waals surface area contributed by atoms with Crippen molar-refractivity contribution < 1.29 is 9.90 Å². The number of carbonyl (C=O) groups excluding carboxylic acids is 1. The Bertz CT molecular complexity index is 459. The van der Waals surface area contributed by atoms with Crippen molar-refractivity contribution in [3.05, 3.63) is 27.4 Å². The van der Waals surface area contributed by atoms with Crippen LogP contribution in [0.25, 0.3) is 10.6 Å². The lowest BCUT2D eigenvalue weighted by Crippen LogP contribution is -2.21. The predicted octanol–water partition coefficient (Wildman–Crippen LogP) is 1.54. The molecular weight excluding hydrogens is 218 g/mol. The molecule has 0 radical (unpaired) electrons. The van der Waals surface area contributed by atoms with Gasteiger partial charge >= 0.3 is 0 Å². The molecule has 72 valence electrons. The summed E-state index contributed by atoms with van der Waals surface area (Å²) in [5.74, 6) is -1.15. The minimum atomic E-state index is -1.15. The van der Waals surface area contributed by atoms with Crippen LogP contribution in [-0.4, -0.2) is 11.0 Å². The second-order valence-corrected chi connectivity index (χ2v) is 4.51. The fourth-order valence-corrected chi connectivity index (χ4v) is 2.71. The number of aryl methyl sites for hydroxylation is 1. The normalized spacial score (nSPS) is 10.4. The minimum Gasteiger partial charge on any atom is -0.544 e. The molecule has 2 aromatic rings. The fraction of sp³-hybridized carbons (Fsp3) is 0.111. The second kappa shape index (κ2) is 3.51. The molecule has 0 unspecified atom stereocenters. The zero-order valence-electron chi connectivity index (χ0n) is 7.31. The van der Waals surface area contributed by atoms with E-state index in [-0.39, 0.29) is 4.88 Å². The number of hydrogen-bond donors (Lipinski definition) is 0. The average molecular weight is 224 g/mol. The van der Waals surface area contributed by atoms with E-state index < -0.39 is 5.97 Å². The van der Waals surface area contributed by atoms with Crippen LogP contribution in [-0.2, 0) is 0 Å². The number of thiophene rings is 1. The molecule has 0 aliphatic rings. The quantitative estimate of drug-likeness (QED) is 0.777. The summed E-state index contributed by atoms with van der Waals surface area (Å²) in [7, 11) is 0. The molecule has 14 heavy (non-hydrogen) atoms. The van der Waals surface area contributed by atoms with Crippen LogP contribution in [0.5, 0.6) is 0 Å². The predicted molar refractivity (Wildman–Crippen MR) is 54.5 cm³/mol. The first-order valence-electron chi connectivity index (χ1n) is 3.90. The van der Waals surface area contributed by atoms with E-state index >= 15 is 0 Å². The lowest BCUT2D eigenvalue weighted by atomic mass is 10.3. The Morgan fingerprint density at radius 2 is 2.36 bits per heavy atom. The molecule has 0 aliphatic carbocycles. The van der Waals surface area contributed by atoms with Gasteiger partial charge in [0.2, 0.25) is 0 Å². The third-order valence-electron chi connectivity index (χ3n) is 1.75. The molecule has 0 bridgehead atoms. The van der Waals surface area contributed by atoms with Crippen LogP contribution >= 0.6 is 22.7 Å². The van der Waals surface area contributed by atoms with Gasteiger partial charge in [0.25, 0.3) is 0 Å². The molecule has 3 nitrogen and oxygen atoms in total. The Morgan fingerprint density at radius 3 is 2.86 bits per heavy atom. The highest BCUT2D eigenvalue weighted by Gasteiger charge is 2.09. The standard InChI is InChI=1S/C9H7NO2S2/c1-5-7(9(11)12)14-8(10-5)6-2-3-13-4-6/h2-4H,1H3,(H,11,12)/p-1. The molecule has 2 aromatic heterocycles. The molecule has 0 fully saturated rings. The molecule has 2 heterocycles. The third kappa shape index (κ3) is 1.56. The highest BCUT2D eigenvalue weighted by atomic mass is 32.1. The zero-order valence-corrected chi connectivity index (χ0v) is 8.95. The first kappa shape index (κ1) is 9.36. The Morgan fingerprint density at radius 1 is 1.57 bits per heavy atom. The maximum atomic E-state index is 10.7. The largest absolute Gasteiger partial charge is 0.544 e. The minimum absolute atomic E-state index is 0.214. The lowest BCUT2D eigenvalue weighted by Gasteiger charge is -1.95. The molecule has 0 saturated heterocycles. The van der Waals surface area contributed by atoms with Crippen molar-refractivity contribution in [2.75, 3.05) is 0 Å². The maximum absolute atomic E-state index is 10.7. The van der Waals surface area contributed by atoms with E-state index in [9.17, 15) is 9.90 Å². The number of carboxylic acid groups (broad SMARTS) is 1. The highest BCUT2D eigenvalue weighted by molar-refractivity contribution is 7.17. The van der Waals surface area contributed by atoms with Crippen molar-refractivity contribution in [2.45, 2.75) is 6.92 Å². The molecule has 0 spiro atoms. The Kier molecular flexibility index (Phi) is 2.35. The van der Waals surface area contributed by atoms with Crippen molar-refractivity contribution in [3.63, 3.8) is 0 Å². The van der Waals surface area contributed by atoms with Crippen LogP contribution in [0.4, 0.5) is 0 Å². The number of aromatic nitrogens is 1.